The van der Waals surface area contributed by atoms with E-state index < -0.39 is 5.97 Å². The Kier molecular flexibility index (Phi) is 13.8. The fourth-order valence-corrected chi connectivity index (χ4v) is 3.76. The van der Waals surface area contributed by atoms with Crippen LogP contribution in [0, 0.1) is 0 Å². The Morgan fingerprint density at radius 3 is 2.14 bits per heavy atom. The number of ether oxygens (including phenoxy) is 3. The maximum absolute atomic E-state index is 12.2. The van der Waals surface area contributed by atoms with E-state index in [1.165, 1.54) is 58.1 Å². The monoisotopic (exact) mass is 492 g/mol. The number of hydrogen-bond acceptors (Lipinski definition) is 5. The molecular weight excluding hydrogens is 452 g/mol. The molecule has 0 atom stereocenters. The lowest BCUT2D eigenvalue weighted by Crippen LogP contribution is -2.04. The molecule has 2 rings (SSSR count). The Bertz CT molecular complexity index is 988. The zero-order valence-electron chi connectivity index (χ0n) is 22.0. The standard InChI is InChI=1S/C31H40O5/c1-4-6-7-8-9-10-11-12-22-36-29-19-16-25(17-20-29)23-27(18-21-30(32)34-3)26-14-13-15-28(24-26)31(33)35-5-2/h13-21,23-24H,4-12,22H2,1-3H3. The molecule has 0 fully saturated rings. The first-order chi connectivity index (χ1) is 17.6. The van der Waals surface area contributed by atoms with Gasteiger partial charge in [0.05, 0.1) is 25.9 Å². The second-order valence-corrected chi connectivity index (χ2v) is 8.65. The van der Waals surface area contributed by atoms with Crippen LogP contribution < -0.4 is 4.74 Å². The topological polar surface area (TPSA) is 61.8 Å². The third-order valence-corrected chi connectivity index (χ3v) is 5.78. The van der Waals surface area contributed by atoms with Crippen LogP contribution >= 0.6 is 0 Å². The van der Waals surface area contributed by atoms with Gasteiger partial charge in [0.15, 0.2) is 0 Å². The second-order valence-electron chi connectivity index (χ2n) is 8.65. The minimum Gasteiger partial charge on any atom is -0.494 e. The van der Waals surface area contributed by atoms with Gasteiger partial charge in [-0.05, 0) is 66.5 Å². The van der Waals surface area contributed by atoms with Gasteiger partial charge in [-0.1, -0.05) is 76.1 Å². The zero-order valence-corrected chi connectivity index (χ0v) is 22.0. The van der Waals surface area contributed by atoms with Crippen molar-refractivity contribution in [2.24, 2.45) is 0 Å². The van der Waals surface area contributed by atoms with Crippen molar-refractivity contribution in [2.75, 3.05) is 20.3 Å². The van der Waals surface area contributed by atoms with E-state index >= 15 is 0 Å². The number of carbonyl (C=O) groups is 2. The predicted molar refractivity (Wildman–Crippen MR) is 146 cm³/mol. The molecule has 0 saturated carbocycles. The van der Waals surface area contributed by atoms with Crippen molar-refractivity contribution in [1.29, 1.82) is 0 Å². The molecule has 0 amide bonds. The summed E-state index contributed by atoms with van der Waals surface area (Å²) < 4.78 is 15.8. The van der Waals surface area contributed by atoms with Crippen molar-refractivity contribution >= 4 is 23.6 Å². The average molecular weight is 493 g/mol. The van der Waals surface area contributed by atoms with Crippen LogP contribution in [0.3, 0.4) is 0 Å². The third-order valence-electron chi connectivity index (χ3n) is 5.78. The van der Waals surface area contributed by atoms with Crippen molar-refractivity contribution in [3.05, 3.63) is 77.4 Å². The summed E-state index contributed by atoms with van der Waals surface area (Å²) in [7, 11) is 1.34. The lowest BCUT2D eigenvalue weighted by Gasteiger charge is -2.08. The summed E-state index contributed by atoms with van der Waals surface area (Å²) >= 11 is 0. The molecule has 5 heteroatoms. The molecule has 0 spiro atoms. The molecule has 0 unspecified atom stereocenters. The Morgan fingerprint density at radius 2 is 1.47 bits per heavy atom. The highest BCUT2D eigenvalue weighted by Crippen LogP contribution is 2.23. The number of allylic oxidation sites excluding steroid dienone is 2. The van der Waals surface area contributed by atoms with Crippen molar-refractivity contribution in [3.8, 4) is 5.75 Å². The van der Waals surface area contributed by atoms with E-state index in [1.807, 2.05) is 36.4 Å². The quantitative estimate of drug-likeness (QED) is 0.0791. The normalized spacial score (nSPS) is 11.5. The average Bonchev–Trinajstić information content (AvgIpc) is 2.90. The van der Waals surface area contributed by atoms with E-state index in [2.05, 4.69) is 6.92 Å². The van der Waals surface area contributed by atoms with E-state index in [0.717, 1.165) is 35.5 Å². The van der Waals surface area contributed by atoms with Crippen LogP contribution in [-0.2, 0) is 14.3 Å². The van der Waals surface area contributed by atoms with Gasteiger partial charge in [0.1, 0.15) is 5.75 Å². The number of esters is 2. The summed E-state index contributed by atoms with van der Waals surface area (Å²) in [6.07, 6.45) is 15.2. The fraction of sp³-hybridized carbons (Fsp3) is 0.419. The van der Waals surface area contributed by atoms with Gasteiger partial charge in [0.25, 0.3) is 0 Å². The third kappa shape index (κ3) is 10.9. The molecule has 0 bridgehead atoms. The summed E-state index contributed by atoms with van der Waals surface area (Å²) in [5, 5.41) is 0. The van der Waals surface area contributed by atoms with Gasteiger partial charge in [-0.2, -0.15) is 0 Å². The van der Waals surface area contributed by atoms with Crippen molar-refractivity contribution < 1.29 is 23.8 Å². The number of methoxy groups -OCH3 is 1. The fourth-order valence-electron chi connectivity index (χ4n) is 3.76. The van der Waals surface area contributed by atoms with Gasteiger partial charge < -0.3 is 14.2 Å². The first-order valence-electron chi connectivity index (χ1n) is 13.1. The van der Waals surface area contributed by atoms with Crippen molar-refractivity contribution in [1.82, 2.24) is 0 Å². The Hall–Kier alpha value is -3.34. The lowest BCUT2D eigenvalue weighted by atomic mass is 10.00. The summed E-state index contributed by atoms with van der Waals surface area (Å²) in [5.41, 5.74) is 2.95. The van der Waals surface area contributed by atoms with E-state index in [-0.39, 0.29) is 5.97 Å². The zero-order chi connectivity index (χ0) is 26.0. The molecule has 2 aromatic carbocycles. The first kappa shape index (κ1) is 28.9. The van der Waals surface area contributed by atoms with Gasteiger partial charge in [-0.3, -0.25) is 0 Å². The van der Waals surface area contributed by atoms with Crippen LogP contribution in [-0.4, -0.2) is 32.3 Å². The van der Waals surface area contributed by atoms with E-state index in [9.17, 15) is 9.59 Å². The van der Waals surface area contributed by atoms with Gasteiger partial charge >= 0.3 is 11.9 Å². The smallest absolute Gasteiger partial charge is 0.338 e. The molecule has 0 heterocycles. The highest BCUT2D eigenvalue weighted by atomic mass is 16.5. The van der Waals surface area contributed by atoms with Crippen molar-refractivity contribution in [2.45, 2.75) is 65.2 Å². The summed E-state index contributed by atoms with van der Waals surface area (Å²) in [4.78, 5) is 23.9. The van der Waals surface area contributed by atoms with Gasteiger partial charge in [-0.15, -0.1) is 0 Å². The van der Waals surface area contributed by atoms with E-state index in [0.29, 0.717) is 12.2 Å². The second kappa shape index (κ2) is 17.1. The molecule has 0 aliphatic heterocycles. The lowest BCUT2D eigenvalue weighted by molar-refractivity contribution is -0.134. The molecule has 194 valence electrons. The van der Waals surface area contributed by atoms with Gasteiger partial charge in [0.2, 0.25) is 0 Å². The minimum absolute atomic E-state index is 0.307. The molecule has 0 aliphatic carbocycles. The van der Waals surface area contributed by atoms with E-state index in [1.54, 1.807) is 31.2 Å². The molecular formula is C31H40O5. The number of benzene rings is 2. The van der Waals surface area contributed by atoms with Crippen LogP contribution in [0.15, 0.2) is 60.7 Å². The molecule has 0 aromatic heterocycles. The molecule has 0 aliphatic rings. The van der Waals surface area contributed by atoms with Crippen molar-refractivity contribution in [3.63, 3.8) is 0 Å². The number of unbranched alkanes of at least 4 members (excludes halogenated alkanes) is 7. The molecule has 36 heavy (non-hydrogen) atoms. The maximum Gasteiger partial charge on any atom is 0.338 e. The van der Waals surface area contributed by atoms with Crippen LogP contribution in [0.4, 0.5) is 0 Å². The largest absolute Gasteiger partial charge is 0.494 e. The van der Waals surface area contributed by atoms with Crippen LogP contribution in [0.25, 0.3) is 11.6 Å². The Balaban J connectivity index is 2.02. The Labute approximate surface area is 216 Å². The minimum atomic E-state index is -0.452. The van der Waals surface area contributed by atoms with E-state index in [4.69, 9.17) is 14.2 Å². The maximum atomic E-state index is 12.2. The number of carbonyl (C=O) groups excluding carboxylic acids is 2. The molecule has 0 radical (unpaired) electrons. The first-order valence-corrected chi connectivity index (χ1v) is 13.1. The van der Waals surface area contributed by atoms with Crippen LogP contribution in [0.2, 0.25) is 0 Å². The van der Waals surface area contributed by atoms with Gasteiger partial charge in [0, 0.05) is 6.08 Å². The Morgan fingerprint density at radius 1 is 0.806 bits per heavy atom. The predicted octanol–water partition coefficient (Wildman–Crippen LogP) is 7.65. The summed E-state index contributed by atoms with van der Waals surface area (Å²) in [5.74, 6) is 0.00635. The molecule has 2 aromatic rings. The summed E-state index contributed by atoms with van der Waals surface area (Å²) in [6, 6.07) is 15.0. The summed E-state index contributed by atoms with van der Waals surface area (Å²) in [6.45, 7) is 5.04. The molecule has 0 saturated heterocycles. The molecule has 0 N–H and O–H groups in total. The molecule has 5 nitrogen and oxygen atoms in total. The highest BCUT2D eigenvalue weighted by molar-refractivity contribution is 5.95. The number of hydrogen-bond donors (Lipinski definition) is 0. The van der Waals surface area contributed by atoms with Crippen LogP contribution in [0.1, 0.15) is 86.7 Å². The number of rotatable bonds is 16. The van der Waals surface area contributed by atoms with Gasteiger partial charge in [-0.25, -0.2) is 9.59 Å². The van der Waals surface area contributed by atoms with Crippen LogP contribution in [0.5, 0.6) is 5.75 Å². The SMILES string of the molecule is CCCCCCCCCCOc1ccc(C=C(C=CC(=O)OC)c2cccc(C(=O)OCC)c2)cc1. The highest BCUT2D eigenvalue weighted by Gasteiger charge is 2.09.